The van der Waals surface area contributed by atoms with E-state index in [1.54, 1.807) is 12.1 Å². The van der Waals surface area contributed by atoms with Gasteiger partial charge in [-0.1, -0.05) is 6.07 Å². The zero-order chi connectivity index (χ0) is 25.4. The molecule has 35 heavy (non-hydrogen) atoms. The first-order valence-electron chi connectivity index (χ1n) is 10.7. The Morgan fingerprint density at radius 1 is 1.14 bits per heavy atom. The quantitative estimate of drug-likeness (QED) is 0.389. The van der Waals surface area contributed by atoms with E-state index in [9.17, 15) is 26.9 Å². The number of H-pyrrole nitrogens is 1. The second-order valence-corrected chi connectivity index (χ2v) is 11.8. The van der Waals surface area contributed by atoms with E-state index in [4.69, 9.17) is 5.11 Å². The Kier molecular flexibility index (Phi) is 6.46. The lowest BCUT2D eigenvalue weighted by Crippen LogP contribution is -2.49. The predicted molar refractivity (Wildman–Crippen MR) is 128 cm³/mol. The van der Waals surface area contributed by atoms with Gasteiger partial charge < -0.3 is 15.4 Å². The van der Waals surface area contributed by atoms with Crippen molar-refractivity contribution in [1.29, 1.82) is 5.26 Å². The zero-order valence-corrected chi connectivity index (χ0v) is 20.3. The lowest BCUT2D eigenvalue weighted by molar-refractivity contribution is 0.181. The van der Waals surface area contributed by atoms with Gasteiger partial charge in [0.15, 0.2) is 0 Å². The number of hydrogen-bond acceptors (Lipinski definition) is 6. The largest absolute Gasteiger partial charge is 0.465 e. The number of benzene rings is 2. The highest BCUT2D eigenvalue weighted by Crippen LogP contribution is 2.30. The number of aromatic amines is 1. The highest BCUT2D eigenvalue weighted by Gasteiger charge is 2.31. The molecule has 0 radical (unpaired) electrons. The minimum Gasteiger partial charge on any atom is -0.465 e. The summed E-state index contributed by atoms with van der Waals surface area (Å²) in [5.74, 6) is 0. The van der Waals surface area contributed by atoms with Gasteiger partial charge in [0.05, 0.1) is 26.6 Å². The smallest absolute Gasteiger partial charge is 0.404 e. The van der Waals surface area contributed by atoms with E-state index < -0.39 is 32.2 Å². The van der Waals surface area contributed by atoms with E-state index in [-0.39, 0.29) is 28.6 Å². The van der Waals surface area contributed by atoms with Gasteiger partial charge in [-0.15, -0.1) is 0 Å². The van der Waals surface area contributed by atoms with Crippen LogP contribution in [0, 0.1) is 18.3 Å². The van der Waals surface area contributed by atoms with Gasteiger partial charge in [0.25, 0.3) is 10.0 Å². The second kappa shape index (κ2) is 9.21. The number of carboxylic acid groups (broad SMARTS) is 1. The number of fused-ring (bicyclic) bond motifs is 1. The summed E-state index contributed by atoms with van der Waals surface area (Å²) in [5.41, 5.74) is 1.94. The summed E-state index contributed by atoms with van der Waals surface area (Å²) in [4.78, 5) is 13.6. The molecule has 0 saturated carbocycles. The molecule has 0 spiro atoms. The van der Waals surface area contributed by atoms with Crippen LogP contribution in [0.3, 0.4) is 0 Å². The molecular formula is C22H23N5O6S2. The number of nitrogens with zero attached hydrogens (tertiary/aromatic N) is 2. The van der Waals surface area contributed by atoms with Crippen molar-refractivity contribution in [3.8, 4) is 6.07 Å². The van der Waals surface area contributed by atoms with Crippen LogP contribution in [0.5, 0.6) is 0 Å². The number of hydrogen-bond donors (Lipinski definition) is 4. The Labute approximate surface area is 202 Å². The van der Waals surface area contributed by atoms with Crippen LogP contribution in [0.4, 0.5) is 10.5 Å². The molecule has 1 aliphatic heterocycles. The molecule has 4 N–H and O–H groups in total. The summed E-state index contributed by atoms with van der Waals surface area (Å²) in [6.07, 6.45) is 1.32. The van der Waals surface area contributed by atoms with Gasteiger partial charge in [-0.05, 0) is 55.7 Å². The fourth-order valence-corrected chi connectivity index (χ4v) is 6.79. The van der Waals surface area contributed by atoms with Crippen molar-refractivity contribution in [2.75, 3.05) is 17.8 Å². The van der Waals surface area contributed by atoms with Crippen molar-refractivity contribution in [2.24, 2.45) is 0 Å². The molecule has 0 aliphatic carbocycles. The van der Waals surface area contributed by atoms with E-state index >= 15 is 0 Å². The summed E-state index contributed by atoms with van der Waals surface area (Å²) in [7, 11) is -8.00. The number of aryl methyl sites for hydroxylation is 1. The van der Waals surface area contributed by atoms with Gasteiger partial charge in [-0.25, -0.2) is 21.6 Å². The number of anilines is 1. The van der Waals surface area contributed by atoms with Crippen molar-refractivity contribution in [3.05, 3.63) is 53.7 Å². The summed E-state index contributed by atoms with van der Waals surface area (Å²) >= 11 is 0. The maximum absolute atomic E-state index is 13.0. The summed E-state index contributed by atoms with van der Waals surface area (Å²) < 4.78 is 55.8. The molecule has 13 heteroatoms. The Morgan fingerprint density at radius 3 is 2.49 bits per heavy atom. The van der Waals surface area contributed by atoms with E-state index in [2.05, 4.69) is 21.1 Å². The zero-order valence-electron chi connectivity index (χ0n) is 18.6. The molecule has 1 aliphatic rings. The van der Waals surface area contributed by atoms with Gasteiger partial charge in [-0.2, -0.15) is 9.57 Å². The number of sulfonamides is 2. The highest BCUT2D eigenvalue weighted by atomic mass is 32.2. The maximum Gasteiger partial charge on any atom is 0.404 e. The van der Waals surface area contributed by atoms with Crippen molar-refractivity contribution in [1.82, 2.24) is 14.6 Å². The number of carbonyl (C=O) groups is 1. The Bertz CT molecular complexity index is 1540. The number of nitriles is 1. The van der Waals surface area contributed by atoms with E-state index in [1.807, 2.05) is 6.92 Å². The normalized spacial score (nSPS) is 17.1. The molecule has 184 valence electrons. The van der Waals surface area contributed by atoms with Crippen LogP contribution in [0.2, 0.25) is 0 Å². The van der Waals surface area contributed by atoms with Crippen molar-refractivity contribution in [3.63, 3.8) is 0 Å². The van der Waals surface area contributed by atoms with Crippen LogP contribution in [0.1, 0.15) is 24.0 Å². The van der Waals surface area contributed by atoms with Crippen LogP contribution < -0.4 is 10.0 Å². The second-order valence-electron chi connectivity index (χ2n) is 8.22. The van der Waals surface area contributed by atoms with Crippen molar-refractivity contribution in [2.45, 2.75) is 35.6 Å². The van der Waals surface area contributed by atoms with Crippen LogP contribution in [0.25, 0.3) is 10.9 Å². The minimum absolute atomic E-state index is 0.000490. The number of amides is 1. The third-order valence-electron chi connectivity index (χ3n) is 5.89. The molecule has 11 nitrogen and oxygen atoms in total. The Balaban J connectivity index is 1.57. The molecule has 1 atom stereocenters. The number of rotatable bonds is 6. The van der Waals surface area contributed by atoms with Crippen molar-refractivity contribution < 1.29 is 26.7 Å². The molecule has 1 amide bonds. The molecule has 0 bridgehead atoms. The van der Waals surface area contributed by atoms with Crippen LogP contribution >= 0.6 is 0 Å². The van der Waals surface area contributed by atoms with Gasteiger partial charge in [0.1, 0.15) is 6.07 Å². The third-order valence-corrected chi connectivity index (χ3v) is 9.15. The molecule has 3 aromatic rings. The highest BCUT2D eigenvalue weighted by molar-refractivity contribution is 7.92. The molecule has 2 heterocycles. The van der Waals surface area contributed by atoms with Gasteiger partial charge >= 0.3 is 6.09 Å². The van der Waals surface area contributed by atoms with Gasteiger partial charge in [0.2, 0.25) is 10.0 Å². The molecule has 1 saturated heterocycles. The average Bonchev–Trinajstić information content (AvgIpc) is 3.26. The lowest BCUT2D eigenvalue weighted by Gasteiger charge is -2.31. The Hall–Kier alpha value is -3.60. The standard InChI is InChI=1S/C22H23N5O6S2/c1-14-4-9-19(21-20(14)15(11-23)12-24-21)26-34(30,31)17-5-7-18(8-6-17)35(32,33)27-10-2-3-16(13-27)25-22(28)29/h4-9,12,16,24-26H,2-3,10,13H2,1H3,(H,28,29). The summed E-state index contributed by atoms with van der Waals surface area (Å²) in [6.45, 7) is 2.06. The first kappa shape index (κ1) is 24.5. The van der Waals surface area contributed by atoms with Crippen LogP contribution in [-0.4, -0.2) is 56.5 Å². The number of aromatic nitrogens is 1. The van der Waals surface area contributed by atoms with E-state index in [0.717, 1.165) is 5.56 Å². The third kappa shape index (κ3) is 4.81. The molecule has 1 fully saturated rings. The molecule has 1 aromatic heterocycles. The molecule has 2 aromatic carbocycles. The Morgan fingerprint density at radius 2 is 1.83 bits per heavy atom. The van der Waals surface area contributed by atoms with Crippen LogP contribution in [0.15, 0.2) is 52.4 Å². The first-order valence-corrected chi connectivity index (χ1v) is 13.6. The van der Waals surface area contributed by atoms with Crippen LogP contribution in [-0.2, 0) is 20.0 Å². The monoisotopic (exact) mass is 517 g/mol. The van der Waals surface area contributed by atoms with Crippen molar-refractivity contribution >= 4 is 42.7 Å². The predicted octanol–water partition coefficient (Wildman–Crippen LogP) is 2.57. The average molecular weight is 518 g/mol. The lowest BCUT2D eigenvalue weighted by atomic mass is 10.1. The molecule has 1 unspecified atom stereocenters. The first-order chi connectivity index (χ1) is 16.5. The maximum atomic E-state index is 13.0. The summed E-state index contributed by atoms with van der Waals surface area (Å²) in [6, 6.07) is 9.68. The topological polar surface area (TPSA) is 172 Å². The summed E-state index contributed by atoms with van der Waals surface area (Å²) in [5, 5.41) is 21.1. The fourth-order valence-electron chi connectivity index (χ4n) is 4.19. The SMILES string of the molecule is Cc1ccc(NS(=O)(=O)c2ccc(S(=O)(=O)N3CCCC(NC(=O)O)C3)cc2)c2[nH]cc(C#N)c12. The number of piperidine rings is 1. The van der Waals surface area contributed by atoms with E-state index in [1.165, 1.54) is 34.8 Å². The minimum atomic E-state index is -4.06. The molecular weight excluding hydrogens is 494 g/mol. The molecule has 4 rings (SSSR count). The van der Waals surface area contributed by atoms with Gasteiger partial charge in [0, 0.05) is 30.7 Å². The number of nitrogens with one attached hydrogen (secondary N) is 3. The van der Waals surface area contributed by atoms with Gasteiger partial charge in [-0.3, -0.25) is 4.72 Å². The van der Waals surface area contributed by atoms with E-state index in [0.29, 0.717) is 29.3 Å². The fraction of sp³-hybridized carbons (Fsp3) is 0.273.